The first-order valence-electron chi connectivity index (χ1n) is 15.5. The number of nitrogens with zero attached hydrogens (tertiary/aromatic N) is 8. The molecule has 0 saturated carbocycles. The van der Waals surface area contributed by atoms with Gasteiger partial charge in [0.05, 0.1) is 24.1 Å². The lowest BCUT2D eigenvalue weighted by Crippen LogP contribution is -2.49. The van der Waals surface area contributed by atoms with Crippen molar-refractivity contribution in [3.05, 3.63) is 102 Å². The normalized spacial score (nSPS) is 18.6. The van der Waals surface area contributed by atoms with Crippen molar-refractivity contribution in [1.82, 2.24) is 30.2 Å². The zero-order valence-corrected chi connectivity index (χ0v) is 27.5. The standard InChI is InChI=1S/C32H27F6N8O5P/c33-21-4-8-25-24(15-21)29-41-42-43-46(29)18-30(25,47)31(34,35)27-10-3-20(16-40-27)19-1-5-22(6-2-19)44-11-13-45(14-12-44)23-7-9-26(39-17-23)28(32(36,37)38)51-52(48,49)50/h1-10,15-17,28,47H,11-14,18H2,(H2,48,49,50)/t28?,30-/m0/s1. The molecule has 20 heteroatoms. The van der Waals surface area contributed by atoms with Gasteiger partial charge in [-0.05, 0) is 58.5 Å². The Balaban J connectivity index is 1.01. The zero-order chi connectivity index (χ0) is 37.1. The summed E-state index contributed by atoms with van der Waals surface area (Å²) in [6.45, 7) is 1.38. The van der Waals surface area contributed by atoms with Crippen LogP contribution in [0.1, 0.15) is 23.1 Å². The van der Waals surface area contributed by atoms with Crippen molar-refractivity contribution in [3.63, 3.8) is 0 Å². The maximum Gasteiger partial charge on any atom is 0.470 e. The van der Waals surface area contributed by atoms with Crippen LogP contribution in [0.5, 0.6) is 0 Å². The Morgan fingerprint density at radius 3 is 2.08 bits per heavy atom. The number of tetrazole rings is 1. The molecule has 0 bridgehead atoms. The third kappa shape index (κ3) is 6.61. The molecule has 1 unspecified atom stereocenters. The quantitative estimate of drug-likeness (QED) is 0.145. The maximum absolute atomic E-state index is 16.1. The number of aliphatic hydroxyl groups is 1. The number of hydrogen-bond donors (Lipinski definition) is 3. The van der Waals surface area contributed by atoms with E-state index in [0.717, 1.165) is 40.7 Å². The Morgan fingerprint density at radius 1 is 0.827 bits per heavy atom. The molecular formula is C32H27F6N8O5P. The van der Waals surface area contributed by atoms with Crippen molar-refractivity contribution in [3.8, 4) is 22.5 Å². The van der Waals surface area contributed by atoms with Gasteiger partial charge >= 0.3 is 19.9 Å². The molecule has 1 fully saturated rings. The fraction of sp³-hybridized carbons (Fsp3) is 0.281. The molecule has 13 nitrogen and oxygen atoms in total. The second-order valence-corrected chi connectivity index (χ2v) is 13.4. The topological polar surface area (TPSA) is 163 Å². The fourth-order valence-corrected chi connectivity index (χ4v) is 6.85. The van der Waals surface area contributed by atoms with Crippen molar-refractivity contribution in [2.45, 2.75) is 30.3 Å². The molecule has 272 valence electrons. The van der Waals surface area contributed by atoms with Crippen molar-refractivity contribution < 1.29 is 50.3 Å². The minimum absolute atomic E-state index is 0.0487. The van der Waals surface area contributed by atoms with Crippen LogP contribution in [0.3, 0.4) is 0 Å². The summed E-state index contributed by atoms with van der Waals surface area (Å²) in [5.41, 5.74) is -1.92. The van der Waals surface area contributed by atoms with Crippen molar-refractivity contribution in [1.29, 1.82) is 0 Å². The lowest BCUT2D eigenvalue weighted by atomic mass is 9.80. The number of aromatic nitrogens is 6. The minimum atomic E-state index is -5.44. The van der Waals surface area contributed by atoms with Crippen LogP contribution in [0.25, 0.3) is 22.5 Å². The predicted molar refractivity (Wildman–Crippen MR) is 171 cm³/mol. The molecule has 7 rings (SSSR count). The van der Waals surface area contributed by atoms with Gasteiger partial charge in [0.25, 0.3) is 0 Å². The first-order valence-corrected chi connectivity index (χ1v) is 17.1. The van der Waals surface area contributed by atoms with Gasteiger partial charge < -0.3 is 24.7 Å². The molecule has 2 aliphatic heterocycles. The van der Waals surface area contributed by atoms with Gasteiger partial charge in [0.15, 0.2) is 11.4 Å². The van der Waals surface area contributed by atoms with Crippen molar-refractivity contribution in [2.24, 2.45) is 0 Å². The van der Waals surface area contributed by atoms with E-state index in [1.54, 1.807) is 12.1 Å². The van der Waals surface area contributed by atoms with E-state index in [0.29, 0.717) is 43.0 Å². The number of halogens is 6. The van der Waals surface area contributed by atoms with Crippen LogP contribution in [0.2, 0.25) is 0 Å². The van der Waals surface area contributed by atoms with Gasteiger partial charge in [-0.15, -0.1) is 5.10 Å². The van der Waals surface area contributed by atoms with E-state index in [9.17, 15) is 27.2 Å². The van der Waals surface area contributed by atoms with Crippen LogP contribution >= 0.6 is 7.82 Å². The van der Waals surface area contributed by atoms with Gasteiger partial charge in [0, 0.05) is 54.8 Å². The number of fused-ring (bicyclic) bond motifs is 3. The average molecular weight is 749 g/mol. The first-order chi connectivity index (χ1) is 24.5. The number of alkyl halides is 5. The van der Waals surface area contributed by atoms with Crippen LogP contribution in [0.4, 0.5) is 37.7 Å². The average Bonchev–Trinajstić information content (AvgIpc) is 3.59. The summed E-state index contributed by atoms with van der Waals surface area (Å²) >= 11 is 0. The van der Waals surface area contributed by atoms with E-state index >= 15 is 8.78 Å². The Labute approximate surface area is 290 Å². The SMILES string of the molecule is O=P(O)(O)OC(c1ccc(N2CCN(c3ccc(-c4ccc(C(F)(F)[C@]5(O)Cn6nnnc6-c6cc(F)ccc65)nc4)cc3)CC2)cn1)C(F)(F)F. The molecule has 2 atom stereocenters. The van der Waals surface area contributed by atoms with Gasteiger partial charge in [0.1, 0.15) is 11.5 Å². The van der Waals surface area contributed by atoms with Crippen molar-refractivity contribution >= 4 is 19.2 Å². The van der Waals surface area contributed by atoms with Gasteiger partial charge in [-0.1, -0.05) is 24.3 Å². The van der Waals surface area contributed by atoms with Gasteiger partial charge in [-0.3, -0.25) is 14.5 Å². The van der Waals surface area contributed by atoms with Crippen LogP contribution in [-0.4, -0.2) is 77.4 Å². The summed E-state index contributed by atoms with van der Waals surface area (Å²) in [6, 6.07) is 15.3. The highest BCUT2D eigenvalue weighted by atomic mass is 31.2. The number of anilines is 2. The fourth-order valence-electron chi connectivity index (χ4n) is 6.34. The molecule has 2 aliphatic rings. The number of hydrogen-bond acceptors (Lipinski definition) is 10. The highest BCUT2D eigenvalue weighted by molar-refractivity contribution is 7.46. The third-order valence-corrected chi connectivity index (χ3v) is 9.46. The molecule has 3 N–H and O–H groups in total. The summed E-state index contributed by atoms with van der Waals surface area (Å²) in [6.07, 6.45) is -5.52. The highest BCUT2D eigenvalue weighted by Gasteiger charge is 2.59. The Hall–Kier alpha value is -4.94. The highest BCUT2D eigenvalue weighted by Crippen LogP contribution is 2.51. The molecule has 5 heterocycles. The van der Waals surface area contributed by atoms with Gasteiger partial charge in [-0.2, -0.15) is 22.0 Å². The van der Waals surface area contributed by atoms with E-state index in [-0.39, 0.29) is 17.0 Å². The summed E-state index contributed by atoms with van der Waals surface area (Å²) in [4.78, 5) is 29.6. The van der Waals surface area contributed by atoms with Crippen LogP contribution in [0.15, 0.2) is 79.1 Å². The van der Waals surface area contributed by atoms with E-state index < -0.39 is 55.4 Å². The number of phosphoric acid groups is 1. The lowest BCUT2D eigenvalue weighted by Gasteiger charge is -2.39. The lowest BCUT2D eigenvalue weighted by molar-refractivity contribution is -0.207. The summed E-state index contributed by atoms with van der Waals surface area (Å²) < 4.78 is 102. The molecule has 5 aromatic rings. The molecule has 2 aromatic carbocycles. The first kappa shape index (κ1) is 35.5. The number of phosphoric ester groups is 1. The summed E-state index contributed by atoms with van der Waals surface area (Å²) in [5.74, 6) is -4.59. The summed E-state index contributed by atoms with van der Waals surface area (Å²) in [7, 11) is -5.44. The van der Waals surface area contributed by atoms with E-state index in [2.05, 4.69) is 34.9 Å². The molecule has 0 spiro atoms. The third-order valence-electron chi connectivity index (χ3n) is 8.97. The smallest absolute Gasteiger partial charge is 0.377 e. The van der Waals surface area contributed by atoms with E-state index in [1.807, 2.05) is 17.0 Å². The molecule has 0 amide bonds. The Bertz CT molecular complexity index is 2130. The summed E-state index contributed by atoms with van der Waals surface area (Å²) in [5, 5.41) is 22.4. The maximum atomic E-state index is 16.1. The minimum Gasteiger partial charge on any atom is -0.377 e. The van der Waals surface area contributed by atoms with E-state index in [1.165, 1.54) is 24.5 Å². The molecular weight excluding hydrogens is 721 g/mol. The second-order valence-electron chi connectivity index (χ2n) is 12.2. The number of benzene rings is 2. The van der Waals surface area contributed by atoms with Crippen LogP contribution < -0.4 is 9.80 Å². The van der Waals surface area contributed by atoms with Crippen molar-refractivity contribution in [2.75, 3.05) is 36.0 Å². The Morgan fingerprint density at radius 2 is 1.48 bits per heavy atom. The van der Waals surface area contributed by atoms with Crippen LogP contribution in [-0.2, 0) is 27.2 Å². The van der Waals surface area contributed by atoms with E-state index in [4.69, 9.17) is 9.79 Å². The largest absolute Gasteiger partial charge is 0.470 e. The second kappa shape index (κ2) is 12.9. The molecule has 3 aromatic heterocycles. The monoisotopic (exact) mass is 748 g/mol. The van der Waals surface area contributed by atoms with Gasteiger partial charge in [-0.25, -0.2) is 13.6 Å². The predicted octanol–water partition coefficient (Wildman–Crippen LogP) is 4.97. The molecule has 1 saturated heterocycles. The zero-order valence-electron chi connectivity index (χ0n) is 26.6. The molecule has 52 heavy (non-hydrogen) atoms. The Kier molecular flexibility index (Phi) is 8.81. The number of pyridine rings is 2. The van der Waals surface area contributed by atoms with Crippen LogP contribution in [0, 0.1) is 5.82 Å². The number of rotatable bonds is 8. The molecule has 0 aliphatic carbocycles. The van der Waals surface area contributed by atoms with Gasteiger partial charge in [0.2, 0.25) is 6.10 Å². The number of piperazine rings is 1. The molecule has 0 radical (unpaired) electrons.